The summed E-state index contributed by atoms with van der Waals surface area (Å²) in [5.74, 6) is 0. The Balaban J connectivity index is 2.24. The lowest BCUT2D eigenvalue weighted by molar-refractivity contribution is 0.141. The largest absolute Gasteiger partial charge is 0.465 e. The van der Waals surface area contributed by atoms with Gasteiger partial charge >= 0.3 is 6.09 Å². The zero-order valence-electron chi connectivity index (χ0n) is 9.90. The second-order valence-electron chi connectivity index (χ2n) is 4.58. The number of amides is 1. The van der Waals surface area contributed by atoms with E-state index in [2.05, 4.69) is 46.6 Å². The number of hydrogen-bond acceptors (Lipinski definition) is 1. The molecule has 1 aliphatic rings. The van der Waals surface area contributed by atoms with Gasteiger partial charge in [-0.15, -0.1) is 0 Å². The Morgan fingerprint density at radius 1 is 1.56 bits per heavy atom. The molecule has 1 amide bonds. The highest BCUT2D eigenvalue weighted by Crippen LogP contribution is 2.40. The van der Waals surface area contributed by atoms with E-state index in [9.17, 15) is 9.90 Å². The van der Waals surface area contributed by atoms with Crippen molar-refractivity contribution in [1.82, 2.24) is 9.88 Å². The lowest BCUT2D eigenvalue weighted by Crippen LogP contribution is -2.36. The molecule has 94 valence electrons. The van der Waals surface area contributed by atoms with Gasteiger partial charge in [-0.05, 0) is 18.6 Å². The summed E-state index contributed by atoms with van der Waals surface area (Å²) in [7, 11) is 0. The van der Waals surface area contributed by atoms with Crippen molar-refractivity contribution < 1.29 is 9.90 Å². The van der Waals surface area contributed by atoms with Crippen molar-refractivity contribution in [3.05, 3.63) is 35.0 Å². The highest BCUT2D eigenvalue weighted by atomic mass is 127. The summed E-state index contributed by atoms with van der Waals surface area (Å²) >= 11 is 2.21. The van der Waals surface area contributed by atoms with E-state index >= 15 is 0 Å². The molecule has 0 fully saturated rings. The van der Waals surface area contributed by atoms with Gasteiger partial charge < -0.3 is 10.1 Å². The minimum atomic E-state index is -0.844. The maximum Gasteiger partial charge on any atom is 0.408 e. The van der Waals surface area contributed by atoms with Crippen LogP contribution in [0.4, 0.5) is 4.79 Å². The van der Waals surface area contributed by atoms with Crippen molar-refractivity contribution in [3.8, 4) is 0 Å². The van der Waals surface area contributed by atoms with Crippen molar-refractivity contribution in [2.24, 2.45) is 0 Å². The number of H-pyrrole nitrogens is 1. The minimum Gasteiger partial charge on any atom is -0.465 e. The van der Waals surface area contributed by atoms with Crippen molar-refractivity contribution in [2.75, 3.05) is 6.54 Å². The molecule has 2 aromatic rings. The molecule has 0 bridgehead atoms. The second kappa shape index (κ2) is 4.15. The SMILES string of the molecule is Cc1cccc2[nH]c3c(c12)C(I)N(C(=O)O)CC3. The molecule has 0 radical (unpaired) electrons. The Morgan fingerprint density at radius 3 is 3.06 bits per heavy atom. The number of hydrogen-bond donors (Lipinski definition) is 2. The number of aromatic amines is 1. The predicted octanol–water partition coefficient (Wildman–Crippen LogP) is 3.45. The van der Waals surface area contributed by atoms with Gasteiger partial charge in [0.1, 0.15) is 4.05 Å². The zero-order valence-corrected chi connectivity index (χ0v) is 12.1. The van der Waals surface area contributed by atoms with Crippen LogP contribution in [0.5, 0.6) is 0 Å². The van der Waals surface area contributed by atoms with Crippen molar-refractivity contribution >= 4 is 39.6 Å². The third kappa shape index (κ3) is 1.60. The van der Waals surface area contributed by atoms with Crippen LogP contribution < -0.4 is 0 Å². The first-order valence-corrected chi connectivity index (χ1v) is 7.08. The lowest BCUT2D eigenvalue weighted by atomic mass is 10.0. The summed E-state index contributed by atoms with van der Waals surface area (Å²) in [6.07, 6.45) is -0.0853. The Morgan fingerprint density at radius 2 is 2.33 bits per heavy atom. The number of halogens is 1. The molecular formula is C13H13IN2O2. The van der Waals surface area contributed by atoms with Crippen LogP contribution in [0.1, 0.15) is 20.9 Å². The summed E-state index contributed by atoms with van der Waals surface area (Å²) < 4.78 is -0.112. The number of benzene rings is 1. The molecule has 1 aliphatic heterocycles. The number of aryl methyl sites for hydroxylation is 1. The maximum absolute atomic E-state index is 11.2. The molecule has 0 spiro atoms. The molecular weight excluding hydrogens is 343 g/mol. The van der Waals surface area contributed by atoms with Crippen LogP contribution in [0, 0.1) is 6.92 Å². The molecule has 0 saturated heterocycles. The van der Waals surface area contributed by atoms with Gasteiger partial charge in [0.15, 0.2) is 0 Å². The van der Waals surface area contributed by atoms with E-state index in [1.54, 1.807) is 0 Å². The Labute approximate surface area is 118 Å². The van der Waals surface area contributed by atoms with Crippen LogP contribution in [-0.2, 0) is 6.42 Å². The van der Waals surface area contributed by atoms with Crippen molar-refractivity contribution in [1.29, 1.82) is 0 Å². The molecule has 18 heavy (non-hydrogen) atoms. The number of alkyl halides is 1. The summed E-state index contributed by atoms with van der Waals surface area (Å²) in [4.78, 5) is 16.2. The summed E-state index contributed by atoms with van der Waals surface area (Å²) in [6.45, 7) is 2.63. The Kier molecular flexibility index (Phi) is 2.73. The summed E-state index contributed by atoms with van der Waals surface area (Å²) in [6, 6.07) is 6.14. The van der Waals surface area contributed by atoms with Crippen LogP contribution in [0.15, 0.2) is 18.2 Å². The summed E-state index contributed by atoms with van der Waals surface area (Å²) in [5.41, 5.74) is 4.61. The number of carboxylic acid groups (broad SMARTS) is 1. The standard InChI is InChI=1S/C13H13IN2O2/c1-7-3-2-4-8-10(7)11-9(15-8)5-6-16(12(11)14)13(17)18/h2-4,12,15H,5-6H2,1H3,(H,17,18). The zero-order chi connectivity index (χ0) is 12.9. The van der Waals surface area contributed by atoms with E-state index in [1.165, 1.54) is 21.5 Å². The van der Waals surface area contributed by atoms with E-state index in [0.717, 1.165) is 17.5 Å². The molecule has 0 saturated carbocycles. The van der Waals surface area contributed by atoms with Gasteiger partial charge in [-0.25, -0.2) is 4.79 Å². The fourth-order valence-corrected chi connectivity index (χ4v) is 3.87. The molecule has 0 aliphatic carbocycles. The highest BCUT2D eigenvalue weighted by Gasteiger charge is 2.31. The van der Waals surface area contributed by atoms with Gasteiger partial charge in [0.2, 0.25) is 0 Å². The molecule has 1 aromatic carbocycles. The van der Waals surface area contributed by atoms with E-state index < -0.39 is 6.09 Å². The number of carbonyl (C=O) groups is 1. The molecule has 4 nitrogen and oxygen atoms in total. The quantitative estimate of drug-likeness (QED) is 0.432. The van der Waals surface area contributed by atoms with Crippen LogP contribution >= 0.6 is 22.6 Å². The fourth-order valence-electron chi connectivity index (χ4n) is 2.66. The second-order valence-corrected chi connectivity index (χ2v) is 5.76. The normalized spacial score (nSPS) is 19.0. The Hall–Kier alpha value is -1.24. The number of nitrogens with zero attached hydrogens (tertiary/aromatic N) is 1. The first-order valence-electron chi connectivity index (χ1n) is 5.83. The first-order chi connectivity index (χ1) is 8.59. The monoisotopic (exact) mass is 356 g/mol. The van der Waals surface area contributed by atoms with Crippen LogP contribution in [-0.4, -0.2) is 27.6 Å². The Bertz CT molecular complexity index is 635. The van der Waals surface area contributed by atoms with Gasteiger partial charge in [-0.3, -0.25) is 4.90 Å². The molecule has 2 heterocycles. The molecule has 1 atom stereocenters. The van der Waals surface area contributed by atoms with E-state index in [1.807, 2.05) is 6.07 Å². The lowest BCUT2D eigenvalue weighted by Gasteiger charge is -2.30. The molecule has 3 rings (SSSR count). The van der Waals surface area contributed by atoms with E-state index in [-0.39, 0.29) is 4.05 Å². The third-order valence-corrected chi connectivity index (χ3v) is 4.81. The van der Waals surface area contributed by atoms with Gasteiger partial charge in [0, 0.05) is 35.1 Å². The summed E-state index contributed by atoms with van der Waals surface area (Å²) in [5, 5.41) is 10.4. The number of rotatable bonds is 0. The van der Waals surface area contributed by atoms with Gasteiger partial charge in [0.25, 0.3) is 0 Å². The van der Waals surface area contributed by atoms with Gasteiger partial charge in [-0.2, -0.15) is 0 Å². The average Bonchev–Trinajstić information content (AvgIpc) is 2.69. The van der Waals surface area contributed by atoms with Crippen LogP contribution in [0.25, 0.3) is 10.9 Å². The smallest absolute Gasteiger partial charge is 0.408 e. The fraction of sp³-hybridized carbons (Fsp3) is 0.308. The number of fused-ring (bicyclic) bond motifs is 3. The highest BCUT2D eigenvalue weighted by molar-refractivity contribution is 14.1. The topological polar surface area (TPSA) is 56.3 Å². The van der Waals surface area contributed by atoms with Crippen molar-refractivity contribution in [3.63, 3.8) is 0 Å². The van der Waals surface area contributed by atoms with Crippen molar-refractivity contribution in [2.45, 2.75) is 17.4 Å². The van der Waals surface area contributed by atoms with Gasteiger partial charge in [-0.1, -0.05) is 34.7 Å². The molecule has 1 aromatic heterocycles. The minimum absolute atomic E-state index is 0.112. The molecule has 1 unspecified atom stereocenters. The van der Waals surface area contributed by atoms with Gasteiger partial charge in [0.05, 0.1) is 0 Å². The number of nitrogens with one attached hydrogen (secondary N) is 1. The number of aromatic nitrogens is 1. The third-order valence-electron chi connectivity index (χ3n) is 3.51. The first kappa shape index (κ1) is 11.8. The van der Waals surface area contributed by atoms with Crippen LogP contribution in [0.2, 0.25) is 0 Å². The molecule has 2 N–H and O–H groups in total. The van der Waals surface area contributed by atoms with E-state index in [4.69, 9.17) is 0 Å². The van der Waals surface area contributed by atoms with Crippen LogP contribution in [0.3, 0.4) is 0 Å². The average molecular weight is 356 g/mol. The van der Waals surface area contributed by atoms with E-state index in [0.29, 0.717) is 6.54 Å². The molecule has 5 heteroatoms. The maximum atomic E-state index is 11.2. The predicted molar refractivity (Wildman–Crippen MR) is 78.2 cm³/mol.